The molecule has 4 rings (SSSR count). The zero-order chi connectivity index (χ0) is 12.3. The predicted molar refractivity (Wildman–Crippen MR) is 69.4 cm³/mol. The van der Waals surface area contributed by atoms with Gasteiger partial charge in [0.25, 0.3) is 0 Å². The zero-order valence-corrected chi connectivity index (χ0v) is 11.1. The Morgan fingerprint density at radius 1 is 1.35 bits per heavy atom. The summed E-state index contributed by atoms with van der Waals surface area (Å²) in [4.78, 5) is 12.1. The third-order valence-corrected chi connectivity index (χ3v) is 5.40. The number of hydrogen-bond donors (Lipinski definition) is 0. The minimum Gasteiger partial charge on any atom is -0.299 e. The van der Waals surface area contributed by atoms with Gasteiger partial charge < -0.3 is 0 Å². The van der Waals surface area contributed by atoms with E-state index in [0.717, 1.165) is 11.8 Å². The third-order valence-electron chi connectivity index (χ3n) is 5.40. The van der Waals surface area contributed by atoms with Crippen molar-refractivity contribution in [1.82, 2.24) is 0 Å². The fourth-order valence-corrected chi connectivity index (χ4v) is 4.60. The Morgan fingerprint density at radius 3 is 2.71 bits per heavy atom. The maximum atomic E-state index is 12.1. The molecule has 1 heteroatoms. The molecule has 5 unspecified atom stereocenters. The van der Waals surface area contributed by atoms with E-state index >= 15 is 0 Å². The highest BCUT2D eigenvalue weighted by Crippen LogP contribution is 2.58. The third kappa shape index (κ3) is 1.41. The standard InChI is InChI=1S/C16H22O/c1-8(2)11-7-12-9(3)5-13(11)15-10(4)6-14(17)16(12)15/h5,8,11-13,15-16H,4,6-7H2,1-3H3. The largest absolute Gasteiger partial charge is 0.299 e. The molecule has 0 radical (unpaired) electrons. The Hall–Kier alpha value is -0.850. The lowest BCUT2D eigenvalue weighted by Gasteiger charge is -2.50. The molecular formula is C16H22O. The lowest BCUT2D eigenvalue weighted by molar-refractivity contribution is -0.125. The number of carbonyl (C=O) groups excluding carboxylic acids is 1. The van der Waals surface area contributed by atoms with Crippen LogP contribution in [-0.2, 0) is 4.79 Å². The molecule has 0 aliphatic heterocycles. The average molecular weight is 230 g/mol. The molecule has 5 atom stereocenters. The quantitative estimate of drug-likeness (QED) is 0.629. The molecule has 0 N–H and O–H groups in total. The Labute approximate surface area is 104 Å². The molecule has 0 aromatic heterocycles. The van der Waals surface area contributed by atoms with Crippen molar-refractivity contribution in [2.24, 2.45) is 35.5 Å². The molecule has 0 heterocycles. The second-order valence-corrected chi connectivity index (χ2v) is 6.59. The highest BCUT2D eigenvalue weighted by atomic mass is 16.1. The van der Waals surface area contributed by atoms with Gasteiger partial charge in [-0.3, -0.25) is 4.79 Å². The molecule has 0 saturated heterocycles. The fourth-order valence-electron chi connectivity index (χ4n) is 4.60. The second kappa shape index (κ2) is 3.57. The van der Waals surface area contributed by atoms with Crippen LogP contribution in [0.4, 0.5) is 0 Å². The number of allylic oxidation sites excluding steroid dienone is 3. The van der Waals surface area contributed by atoms with E-state index in [4.69, 9.17) is 0 Å². The number of fused-ring (bicyclic) bond motifs is 1. The SMILES string of the molecule is C=C1CC(=O)C2C3CC(C(C)C)C(C=C3C)C12. The van der Waals surface area contributed by atoms with Crippen molar-refractivity contribution < 1.29 is 4.79 Å². The van der Waals surface area contributed by atoms with Crippen molar-refractivity contribution >= 4 is 5.78 Å². The molecule has 2 saturated carbocycles. The molecule has 4 aliphatic rings. The summed E-state index contributed by atoms with van der Waals surface area (Å²) in [7, 11) is 0. The zero-order valence-electron chi connectivity index (χ0n) is 11.1. The first-order valence-corrected chi connectivity index (χ1v) is 6.89. The highest BCUT2D eigenvalue weighted by molar-refractivity contribution is 5.88. The van der Waals surface area contributed by atoms with Gasteiger partial charge in [0.05, 0.1) is 0 Å². The maximum absolute atomic E-state index is 12.1. The van der Waals surface area contributed by atoms with Crippen LogP contribution in [0.25, 0.3) is 0 Å². The van der Waals surface area contributed by atoms with Gasteiger partial charge in [-0.05, 0) is 42.9 Å². The number of carbonyl (C=O) groups is 1. The minimum absolute atomic E-state index is 0.285. The van der Waals surface area contributed by atoms with Crippen LogP contribution >= 0.6 is 0 Å². The van der Waals surface area contributed by atoms with E-state index in [1.165, 1.54) is 17.6 Å². The average Bonchev–Trinajstić information content (AvgIpc) is 2.56. The van der Waals surface area contributed by atoms with Gasteiger partial charge in [0.1, 0.15) is 5.78 Å². The van der Waals surface area contributed by atoms with Gasteiger partial charge in [-0.2, -0.15) is 0 Å². The molecule has 0 aromatic carbocycles. The fraction of sp³-hybridized carbons (Fsp3) is 0.688. The monoisotopic (exact) mass is 230 g/mol. The minimum atomic E-state index is 0.285. The maximum Gasteiger partial charge on any atom is 0.141 e. The second-order valence-electron chi connectivity index (χ2n) is 6.59. The molecule has 1 nitrogen and oxygen atoms in total. The Kier molecular flexibility index (Phi) is 2.36. The molecule has 4 aliphatic carbocycles. The number of hydrogen-bond acceptors (Lipinski definition) is 1. The summed E-state index contributed by atoms with van der Waals surface area (Å²) >= 11 is 0. The van der Waals surface area contributed by atoms with E-state index < -0.39 is 0 Å². The molecule has 0 aromatic rings. The molecule has 0 amide bonds. The summed E-state index contributed by atoms with van der Waals surface area (Å²) in [5.41, 5.74) is 2.68. The summed E-state index contributed by atoms with van der Waals surface area (Å²) in [6.45, 7) is 11.0. The normalized spacial score (nSPS) is 44.2. The predicted octanol–water partition coefficient (Wildman–Crippen LogP) is 3.62. The van der Waals surface area contributed by atoms with Crippen molar-refractivity contribution in [1.29, 1.82) is 0 Å². The van der Waals surface area contributed by atoms with E-state index in [9.17, 15) is 4.79 Å². The molecule has 0 spiro atoms. The van der Waals surface area contributed by atoms with Crippen LogP contribution in [0.2, 0.25) is 0 Å². The molecular weight excluding hydrogens is 208 g/mol. The topological polar surface area (TPSA) is 17.1 Å². The van der Waals surface area contributed by atoms with Crippen LogP contribution in [0, 0.1) is 35.5 Å². The van der Waals surface area contributed by atoms with Crippen LogP contribution in [0.5, 0.6) is 0 Å². The Balaban J connectivity index is 2.04. The van der Waals surface area contributed by atoms with Gasteiger partial charge in [-0.15, -0.1) is 0 Å². The smallest absolute Gasteiger partial charge is 0.141 e. The number of rotatable bonds is 1. The van der Waals surface area contributed by atoms with Crippen LogP contribution < -0.4 is 0 Å². The van der Waals surface area contributed by atoms with Gasteiger partial charge in [-0.1, -0.05) is 37.6 Å². The number of ketones is 1. The van der Waals surface area contributed by atoms with Crippen molar-refractivity contribution in [3.63, 3.8) is 0 Å². The summed E-state index contributed by atoms with van der Waals surface area (Å²) in [6.07, 6.45) is 4.34. The summed E-state index contributed by atoms with van der Waals surface area (Å²) in [6, 6.07) is 0. The molecule has 17 heavy (non-hydrogen) atoms. The van der Waals surface area contributed by atoms with Gasteiger partial charge in [-0.25, -0.2) is 0 Å². The van der Waals surface area contributed by atoms with E-state index in [1.807, 2.05) is 0 Å². The van der Waals surface area contributed by atoms with Crippen LogP contribution in [0.15, 0.2) is 23.8 Å². The van der Waals surface area contributed by atoms with E-state index in [-0.39, 0.29) is 5.92 Å². The van der Waals surface area contributed by atoms with Crippen molar-refractivity contribution in [3.8, 4) is 0 Å². The van der Waals surface area contributed by atoms with Gasteiger partial charge >= 0.3 is 0 Å². The van der Waals surface area contributed by atoms with Crippen LogP contribution in [0.3, 0.4) is 0 Å². The van der Waals surface area contributed by atoms with Gasteiger partial charge in [0.15, 0.2) is 0 Å². The molecule has 92 valence electrons. The van der Waals surface area contributed by atoms with Crippen molar-refractivity contribution in [3.05, 3.63) is 23.8 Å². The summed E-state index contributed by atoms with van der Waals surface area (Å²) in [5.74, 6) is 3.80. The molecule has 2 bridgehead atoms. The van der Waals surface area contributed by atoms with E-state index in [0.29, 0.717) is 30.0 Å². The Bertz CT molecular complexity index is 415. The van der Waals surface area contributed by atoms with Crippen molar-refractivity contribution in [2.75, 3.05) is 0 Å². The number of Topliss-reactive ketones (excluding diaryl/α,β-unsaturated/α-hetero) is 1. The van der Waals surface area contributed by atoms with Crippen LogP contribution in [-0.4, -0.2) is 5.78 Å². The van der Waals surface area contributed by atoms with Gasteiger partial charge in [0.2, 0.25) is 0 Å². The first-order valence-electron chi connectivity index (χ1n) is 6.89. The van der Waals surface area contributed by atoms with Gasteiger partial charge in [0, 0.05) is 12.3 Å². The molecule has 2 fully saturated rings. The lowest BCUT2D eigenvalue weighted by Crippen LogP contribution is -2.45. The highest BCUT2D eigenvalue weighted by Gasteiger charge is 2.54. The Morgan fingerprint density at radius 2 is 2.06 bits per heavy atom. The lowest BCUT2D eigenvalue weighted by atomic mass is 9.54. The van der Waals surface area contributed by atoms with E-state index in [1.54, 1.807) is 0 Å². The van der Waals surface area contributed by atoms with E-state index in [2.05, 4.69) is 33.4 Å². The first kappa shape index (κ1) is 11.3. The van der Waals surface area contributed by atoms with Crippen molar-refractivity contribution in [2.45, 2.75) is 33.6 Å². The summed E-state index contributed by atoms with van der Waals surface area (Å²) < 4.78 is 0. The van der Waals surface area contributed by atoms with Crippen LogP contribution in [0.1, 0.15) is 33.6 Å². The summed E-state index contributed by atoms with van der Waals surface area (Å²) in [5, 5.41) is 0. The first-order chi connectivity index (χ1) is 8.00.